The normalized spacial score (nSPS) is 10.2. The summed E-state index contributed by atoms with van der Waals surface area (Å²) in [7, 11) is 0. The van der Waals surface area contributed by atoms with Gasteiger partial charge < -0.3 is 10.4 Å². The average molecular weight is 312 g/mol. The summed E-state index contributed by atoms with van der Waals surface area (Å²) in [4.78, 5) is 22.6. The highest BCUT2D eigenvalue weighted by molar-refractivity contribution is 6.34. The number of carbonyl (C=O) groups is 2. The Morgan fingerprint density at radius 3 is 2.29 bits per heavy atom. The minimum absolute atomic E-state index is 0.0146. The zero-order valence-electron chi connectivity index (χ0n) is 10.4. The van der Waals surface area contributed by atoms with E-state index in [1.54, 1.807) is 0 Å². The largest absolute Gasteiger partial charge is 0.478 e. The van der Waals surface area contributed by atoms with Crippen LogP contribution in [0.1, 0.15) is 20.7 Å². The van der Waals surface area contributed by atoms with Crippen LogP contribution in [0.3, 0.4) is 0 Å². The van der Waals surface area contributed by atoms with Crippen molar-refractivity contribution < 1.29 is 23.5 Å². The minimum atomic E-state index is -1.41. The van der Waals surface area contributed by atoms with Crippen LogP contribution in [-0.2, 0) is 0 Å². The molecule has 0 aromatic heterocycles. The van der Waals surface area contributed by atoms with Gasteiger partial charge in [-0.25, -0.2) is 13.6 Å². The monoisotopic (exact) mass is 311 g/mol. The number of carboxylic acids is 1. The molecule has 4 nitrogen and oxygen atoms in total. The fraction of sp³-hybridized carbons (Fsp3) is 0. The maximum atomic E-state index is 13.5. The van der Waals surface area contributed by atoms with Gasteiger partial charge >= 0.3 is 5.97 Å². The Kier molecular flexibility index (Phi) is 4.18. The molecule has 2 rings (SSSR count). The molecule has 0 saturated carbocycles. The summed E-state index contributed by atoms with van der Waals surface area (Å²) in [5.74, 6) is -3.65. The molecule has 2 aromatic carbocycles. The SMILES string of the molecule is O=C(O)c1ccc(NC(=O)c2ccc(F)cc2Cl)cc1F. The zero-order valence-corrected chi connectivity index (χ0v) is 11.1. The highest BCUT2D eigenvalue weighted by Gasteiger charge is 2.14. The van der Waals surface area contributed by atoms with E-state index in [0.717, 1.165) is 24.3 Å². The van der Waals surface area contributed by atoms with E-state index in [1.807, 2.05) is 0 Å². The number of anilines is 1. The van der Waals surface area contributed by atoms with Gasteiger partial charge in [0.25, 0.3) is 5.91 Å². The van der Waals surface area contributed by atoms with Crippen molar-refractivity contribution in [2.45, 2.75) is 0 Å². The minimum Gasteiger partial charge on any atom is -0.478 e. The van der Waals surface area contributed by atoms with Gasteiger partial charge in [-0.2, -0.15) is 0 Å². The number of halogens is 3. The molecule has 0 spiro atoms. The predicted octanol–water partition coefficient (Wildman–Crippen LogP) is 3.57. The highest BCUT2D eigenvalue weighted by Crippen LogP contribution is 2.20. The van der Waals surface area contributed by atoms with Crippen LogP contribution < -0.4 is 5.32 Å². The highest BCUT2D eigenvalue weighted by atomic mass is 35.5. The maximum Gasteiger partial charge on any atom is 0.338 e. The van der Waals surface area contributed by atoms with Crippen LogP contribution in [0.5, 0.6) is 0 Å². The van der Waals surface area contributed by atoms with Crippen molar-refractivity contribution in [1.29, 1.82) is 0 Å². The third-order valence-electron chi connectivity index (χ3n) is 2.63. The first-order chi connectivity index (χ1) is 9.88. The van der Waals surface area contributed by atoms with Gasteiger partial charge in [0.05, 0.1) is 16.1 Å². The Hall–Kier alpha value is -2.47. The topological polar surface area (TPSA) is 66.4 Å². The number of rotatable bonds is 3. The van der Waals surface area contributed by atoms with Gasteiger partial charge in [0, 0.05) is 5.69 Å². The van der Waals surface area contributed by atoms with Crippen LogP contribution >= 0.6 is 11.6 Å². The lowest BCUT2D eigenvalue weighted by atomic mass is 10.1. The third kappa shape index (κ3) is 3.35. The molecule has 0 fully saturated rings. The van der Waals surface area contributed by atoms with Crippen LogP contribution in [-0.4, -0.2) is 17.0 Å². The molecule has 0 aliphatic carbocycles. The van der Waals surface area contributed by atoms with Crippen molar-refractivity contribution in [3.8, 4) is 0 Å². The fourth-order valence-corrected chi connectivity index (χ4v) is 1.89. The quantitative estimate of drug-likeness (QED) is 0.910. The standard InChI is InChI=1S/C14H8ClF2NO3/c15-11-5-7(16)1-3-9(11)13(19)18-8-2-4-10(14(20)21)12(17)6-8/h1-6H,(H,18,19)(H,20,21). The molecule has 0 aliphatic rings. The molecule has 0 saturated heterocycles. The molecule has 0 radical (unpaired) electrons. The van der Waals surface area contributed by atoms with Gasteiger partial charge in [0.15, 0.2) is 0 Å². The van der Waals surface area contributed by atoms with Gasteiger partial charge in [-0.05, 0) is 36.4 Å². The number of nitrogens with one attached hydrogen (secondary N) is 1. The maximum absolute atomic E-state index is 13.5. The molecule has 21 heavy (non-hydrogen) atoms. The van der Waals surface area contributed by atoms with Crippen LogP contribution in [0.25, 0.3) is 0 Å². The lowest BCUT2D eigenvalue weighted by Crippen LogP contribution is -2.13. The van der Waals surface area contributed by atoms with E-state index < -0.39 is 29.1 Å². The molecule has 1 amide bonds. The molecule has 0 heterocycles. The summed E-state index contributed by atoms with van der Waals surface area (Å²) in [6.07, 6.45) is 0. The van der Waals surface area contributed by atoms with Crippen LogP contribution in [0.4, 0.5) is 14.5 Å². The summed E-state index contributed by atoms with van der Waals surface area (Å²) in [6.45, 7) is 0. The Bertz CT molecular complexity index is 734. The second kappa shape index (κ2) is 5.88. The van der Waals surface area contributed by atoms with Crippen molar-refractivity contribution >= 4 is 29.2 Å². The summed E-state index contributed by atoms with van der Waals surface area (Å²) in [5, 5.41) is 11.0. The van der Waals surface area contributed by atoms with Gasteiger partial charge in [0.1, 0.15) is 11.6 Å². The summed E-state index contributed by atoms with van der Waals surface area (Å²) >= 11 is 5.74. The molecule has 0 atom stereocenters. The zero-order chi connectivity index (χ0) is 15.6. The molecule has 0 bridgehead atoms. The summed E-state index contributed by atoms with van der Waals surface area (Å²) in [6, 6.07) is 6.37. The Morgan fingerprint density at radius 2 is 1.71 bits per heavy atom. The van der Waals surface area contributed by atoms with Crippen molar-refractivity contribution in [1.82, 2.24) is 0 Å². The van der Waals surface area contributed by atoms with Gasteiger partial charge in [-0.1, -0.05) is 11.6 Å². The number of hydrogen-bond donors (Lipinski definition) is 2. The Balaban J connectivity index is 2.23. The summed E-state index contributed by atoms with van der Waals surface area (Å²) in [5.41, 5.74) is -0.434. The second-order valence-electron chi connectivity index (χ2n) is 4.08. The van der Waals surface area contributed by atoms with Crippen LogP contribution in [0, 0.1) is 11.6 Å². The first-order valence-corrected chi connectivity index (χ1v) is 6.05. The van der Waals surface area contributed by atoms with E-state index in [4.69, 9.17) is 16.7 Å². The first-order valence-electron chi connectivity index (χ1n) is 5.67. The number of benzene rings is 2. The average Bonchev–Trinajstić information content (AvgIpc) is 2.37. The van der Waals surface area contributed by atoms with Gasteiger partial charge in [0.2, 0.25) is 0 Å². The van der Waals surface area contributed by atoms with E-state index in [9.17, 15) is 18.4 Å². The second-order valence-corrected chi connectivity index (χ2v) is 4.49. The van der Waals surface area contributed by atoms with E-state index in [-0.39, 0.29) is 16.3 Å². The Morgan fingerprint density at radius 1 is 1.05 bits per heavy atom. The number of carbonyl (C=O) groups excluding carboxylic acids is 1. The van der Waals surface area contributed by atoms with E-state index >= 15 is 0 Å². The number of amides is 1. The lowest BCUT2D eigenvalue weighted by molar-refractivity contribution is 0.0692. The van der Waals surface area contributed by atoms with Gasteiger partial charge in [-0.15, -0.1) is 0 Å². The van der Waals surface area contributed by atoms with Crippen molar-refractivity contribution in [3.63, 3.8) is 0 Å². The van der Waals surface area contributed by atoms with Gasteiger partial charge in [-0.3, -0.25) is 4.79 Å². The molecular formula is C14H8ClF2NO3. The molecule has 108 valence electrons. The molecule has 0 unspecified atom stereocenters. The molecule has 2 N–H and O–H groups in total. The van der Waals surface area contributed by atoms with Crippen LogP contribution in [0.15, 0.2) is 36.4 Å². The Labute approximate surface area is 123 Å². The third-order valence-corrected chi connectivity index (χ3v) is 2.95. The van der Waals surface area contributed by atoms with Crippen molar-refractivity contribution in [2.24, 2.45) is 0 Å². The number of carboxylic acid groups (broad SMARTS) is 1. The smallest absolute Gasteiger partial charge is 0.338 e. The van der Waals surface area contributed by atoms with Crippen molar-refractivity contribution in [3.05, 3.63) is 64.2 Å². The van der Waals surface area contributed by atoms with E-state index in [1.165, 1.54) is 12.1 Å². The molecular weight excluding hydrogens is 304 g/mol. The summed E-state index contributed by atoms with van der Waals surface area (Å²) < 4.78 is 26.4. The predicted molar refractivity (Wildman–Crippen MR) is 72.7 cm³/mol. The first kappa shape index (κ1) is 14.9. The lowest BCUT2D eigenvalue weighted by Gasteiger charge is -2.07. The number of aromatic carboxylic acids is 1. The van der Waals surface area contributed by atoms with E-state index in [2.05, 4.69) is 5.32 Å². The fourth-order valence-electron chi connectivity index (χ4n) is 1.64. The molecule has 0 aliphatic heterocycles. The van der Waals surface area contributed by atoms with Crippen LogP contribution in [0.2, 0.25) is 5.02 Å². The van der Waals surface area contributed by atoms with E-state index in [0.29, 0.717) is 0 Å². The molecule has 2 aromatic rings. The molecule has 7 heteroatoms. The number of hydrogen-bond acceptors (Lipinski definition) is 2. The van der Waals surface area contributed by atoms with Crippen molar-refractivity contribution in [2.75, 3.05) is 5.32 Å².